The SMILES string of the molecule is C=C(Cl)COc1cc(-c2nn(C)c(C#N)c2Cl)c(F)cc1Cl. The van der Waals surface area contributed by atoms with Gasteiger partial charge in [-0.15, -0.1) is 0 Å². The largest absolute Gasteiger partial charge is 0.486 e. The molecule has 1 aromatic carbocycles. The number of aryl methyl sites for hydroxylation is 1. The lowest BCUT2D eigenvalue weighted by Crippen LogP contribution is -1.99. The van der Waals surface area contributed by atoms with Gasteiger partial charge in [0.05, 0.1) is 5.02 Å². The molecular weight excluding hydrogens is 352 g/mol. The Labute approximate surface area is 141 Å². The zero-order valence-electron chi connectivity index (χ0n) is 11.3. The standard InChI is InChI=1S/C14H9Cl3FN3O/c1-7(15)6-22-12-3-8(10(18)4-9(12)16)14-13(17)11(5-19)21(2)20-14/h3-4H,1,6H2,2H3. The molecule has 0 spiro atoms. The van der Waals surface area contributed by atoms with Crippen LogP contribution in [0.15, 0.2) is 23.7 Å². The van der Waals surface area contributed by atoms with Crippen LogP contribution in [-0.2, 0) is 7.05 Å². The minimum atomic E-state index is -0.633. The second kappa shape index (κ2) is 6.57. The Bertz CT molecular complexity index is 796. The lowest BCUT2D eigenvalue weighted by atomic mass is 10.1. The normalized spacial score (nSPS) is 10.4. The summed E-state index contributed by atoms with van der Waals surface area (Å²) in [6.45, 7) is 3.51. The first-order valence-electron chi connectivity index (χ1n) is 5.93. The van der Waals surface area contributed by atoms with Crippen LogP contribution in [0.5, 0.6) is 5.75 Å². The molecule has 0 radical (unpaired) electrons. The fourth-order valence-corrected chi connectivity index (χ4v) is 2.33. The van der Waals surface area contributed by atoms with Gasteiger partial charge in [0.2, 0.25) is 0 Å². The van der Waals surface area contributed by atoms with Gasteiger partial charge in [-0.3, -0.25) is 4.68 Å². The number of hydrogen-bond donors (Lipinski definition) is 0. The minimum absolute atomic E-state index is 0.0196. The Hall–Kier alpha value is -1.74. The second-order valence-electron chi connectivity index (χ2n) is 4.32. The molecule has 2 aromatic rings. The third-order valence-electron chi connectivity index (χ3n) is 2.76. The number of hydrogen-bond acceptors (Lipinski definition) is 3. The quantitative estimate of drug-likeness (QED) is 0.804. The summed E-state index contributed by atoms with van der Waals surface area (Å²) >= 11 is 17.6. The van der Waals surface area contributed by atoms with Crippen LogP contribution in [-0.4, -0.2) is 16.4 Å². The van der Waals surface area contributed by atoms with Crippen molar-refractivity contribution in [3.63, 3.8) is 0 Å². The van der Waals surface area contributed by atoms with Crippen LogP contribution >= 0.6 is 34.8 Å². The Balaban J connectivity index is 2.54. The molecule has 0 bridgehead atoms. The first kappa shape index (κ1) is 16.6. The summed E-state index contributed by atoms with van der Waals surface area (Å²) in [6.07, 6.45) is 0. The van der Waals surface area contributed by atoms with E-state index in [1.54, 1.807) is 0 Å². The molecule has 0 amide bonds. The van der Waals surface area contributed by atoms with Crippen LogP contribution in [0.3, 0.4) is 0 Å². The van der Waals surface area contributed by atoms with Gasteiger partial charge in [0, 0.05) is 17.6 Å². The molecule has 0 aliphatic rings. The van der Waals surface area contributed by atoms with Crippen molar-refractivity contribution in [2.75, 3.05) is 6.61 Å². The van der Waals surface area contributed by atoms with Crippen LogP contribution < -0.4 is 4.74 Å². The van der Waals surface area contributed by atoms with Gasteiger partial charge in [-0.1, -0.05) is 41.4 Å². The Morgan fingerprint density at radius 3 is 2.73 bits per heavy atom. The first-order chi connectivity index (χ1) is 10.3. The summed E-state index contributed by atoms with van der Waals surface area (Å²) in [5.41, 5.74) is 0.328. The number of nitriles is 1. The Morgan fingerprint density at radius 1 is 1.50 bits per heavy atom. The van der Waals surface area contributed by atoms with Crippen molar-refractivity contribution in [3.8, 4) is 23.1 Å². The predicted molar refractivity (Wildman–Crippen MR) is 83.8 cm³/mol. The van der Waals surface area contributed by atoms with Gasteiger partial charge in [-0.05, 0) is 12.1 Å². The fourth-order valence-electron chi connectivity index (χ4n) is 1.77. The molecule has 4 nitrogen and oxygen atoms in total. The highest BCUT2D eigenvalue weighted by atomic mass is 35.5. The fraction of sp³-hybridized carbons (Fsp3) is 0.143. The number of ether oxygens (including phenoxy) is 1. The smallest absolute Gasteiger partial charge is 0.157 e. The molecule has 0 saturated heterocycles. The number of aromatic nitrogens is 2. The summed E-state index contributed by atoms with van der Waals surface area (Å²) in [4.78, 5) is 0. The summed E-state index contributed by atoms with van der Waals surface area (Å²) in [5.74, 6) is -0.424. The molecule has 1 heterocycles. The van der Waals surface area contributed by atoms with E-state index in [2.05, 4.69) is 11.7 Å². The highest BCUT2D eigenvalue weighted by Crippen LogP contribution is 2.36. The molecule has 0 unspecified atom stereocenters. The van der Waals surface area contributed by atoms with Gasteiger partial charge < -0.3 is 4.74 Å². The summed E-state index contributed by atoms with van der Waals surface area (Å²) < 4.78 is 20.8. The maximum atomic E-state index is 14.2. The molecule has 8 heteroatoms. The molecule has 0 aliphatic heterocycles. The Morgan fingerprint density at radius 2 is 2.18 bits per heavy atom. The van der Waals surface area contributed by atoms with Crippen molar-refractivity contribution >= 4 is 34.8 Å². The van der Waals surface area contributed by atoms with Crippen molar-refractivity contribution in [3.05, 3.63) is 45.3 Å². The third-order valence-corrected chi connectivity index (χ3v) is 3.52. The van der Waals surface area contributed by atoms with Crippen molar-refractivity contribution < 1.29 is 9.13 Å². The topological polar surface area (TPSA) is 50.8 Å². The molecule has 1 aromatic heterocycles. The van der Waals surface area contributed by atoms with Gasteiger partial charge in [-0.2, -0.15) is 10.4 Å². The van der Waals surface area contributed by atoms with Crippen LogP contribution in [0, 0.1) is 17.1 Å². The zero-order valence-corrected chi connectivity index (χ0v) is 13.6. The van der Waals surface area contributed by atoms with Crippen molar-refractivity contribution in [1.82, 2.24) is 9.78 Å². The van der Waals surface area contributed by atoms with E-state index in [1.807, 2.05) is 6.07 Å². The summed E-state index contributed by atoms with van der Waals surface area (Å²) in [6, 6.07) is 4.34. The minimum Gasteiger partial charge on any atom is -0.486 e. The van der Waals surface area contributed by atoms with E-state index >= 15 is 0 Å². The highest BCUT2D eigenvalue weighted by molar-refractivity contribution is 6.34. The van der Waals surface area contributed by atoms with E-state index < -0.39 is 5.82 Å². The van der Waals surface area contributed by atoms with E-state index in [4.69, 9.17) is 44.8 Å². The summed E-state index contributed by atoms with van der Waals surface area (Å²) in [7, 11) is 1.54. The lowest BCUT2D eigenvalue weighted by molar-refractivity contribution is 0.359. The number of rotatable bonds is 4. The van der Waals surface area contributed by atoms with E-state index in [1.165, 1.54) is 17.8 Å². The molecule has 2 rings (SSSR count). The van der Waals surface area contributed by atoms with Gasteiger partial charge in [0.15, 0.2) is 5.69 Å². The molecular formula is C14H9Cl3FN3O. The number of nitrogens with zero attached hydrogens (tertiary/aromatic N) is 3. The molecule has 0 N–H and O–H groups in total. The molecule has 0 aliphatic carbocycles. The van der Waals surface area contributed by atoms with E-state index in [0.29, 0.717) is 0 Å². The van der Waals surface area contributed by atoms with Gasteiger partial charge >= 0.3 is 0 Å². The molecule has 0 atom stereocenters. The number of halogens is 4. The zero-order chi connectivity index (χ0) is 16.4. The van der Waals surface area contributed by atoms with Crippen molar-refractivity contribution in [2.45, 2.75) is 0 Å². The van der Waals surface area contributed by atoms with Crippen LogP contribution in [0.1, 0.15) is 5.69 Å². The lowest BCUT2D eigenvalue weighted by Gasteiger charge is -2.09. The molecule has 0 saturated carbocycles. The van der Waals surface area contributed by atoms with Gasteiger partial charge in [0.1, 0.15) is 35.0 Å². The monoisotopic (exact) mass is 359 g/mol. The highest BCUT2D eigenvalue weighted by Gasteiger charge is 2.20. The average molecular weight is 361 g/mol. The van der Waals surface area contributed by atoms with E-state index in [0.717, 1.165) is 6.07 Å². The maximum absolute atomic E-state index is 14.2. The van der Waals surface area contributed by atoms with Crippen molar-refractivity contribution in [1.29, 1.82) is 5.26 Å². The Kier molecular flexibility index (Phi) is 4.97. The molecule has 0 fully saturated rings. The number of benzene rings is 1. The van der Waals surface area contributed by atoms with E-state index in [9.17, 15) is 4.39 Å². The molecule has 22 heavy (non-hydrogen) atoms. The van der Waals surface area contributed by atoms with Gasteiger partial charge in [0.25, 0.3) is 0 Å². The second-order valence-corrected chi connectivity index (χ2v) is 5.63. The maximum Gasteiger partial charge on any atom is 0.157 e. The van der Waals surface area contributed by atoms with Crippen LogP contribution in [0.4, 0.5) is 4.39 Å². The van der Waals surface area contributed by atoms with Crippen LogP contribution in [0.25, 0.3) is 11.3 Å². The predicted octanol–water partition coefficient (Wildman–Crippen LogP) is 4.54. The van der Waals surface area contributed by atoms with Gasteiger partial charge in [-0.25, -0.2) is 4.39 Å². The van der Waals surface area contributed by atoms with E-state index in [-0.39, 0.29) is 44.4 Å². The molecule has 114 valence electrons. The average Bonchev–Trinajstić information content (AvgIpc) is 2.72. The summed E-state index contributed by atoms with van der Waals surface area (Å²) in [5, 5.41) is 13.5. The first-order valence-corrected chi connectivity index (χ1v) is 7.06. The third kappa shape index (κ3) is 3.20. The van der Waals surface area contributed by atoms with Crippen molar-refractivity contribution in [2.24, 2.45) is 7.05 Å². The van der Waals surface area contributed by atoms with Crippen LogP contribution in [0.2, 0.25) is 10.0 Å².